The van der Waals surface area contributed by atoms with Crippen molar-refractivity contribution in [3.63, 3.8) is 0 Å². The summed E-state index contributed by atoms with van der Waals surface area (Å²) in [5.41, 5.74) is 5.74. The smallest absolute Gasteiger partial charge is 0.308 e. The summed E-state index contributed by atoms with van der Waals surface area (Å²) in [4.78, 5) is 13.8. The molecule has 1 aliphatic heterocycles. The van der Waals surface area contributed by atoms with Crippen LogP contribution >= 0.6 is 0 Å². The maximum absolute atomic E-state index is 11.4. The zero-order valence-corrected chi connectivity index (χ0v) is 22.2. The Labute approximate surface area is 220 Å². The van der Waals surface area contributed by atoms with Crippen LogP contribution in [0, 0.1) is 0 Å². The van der Waals surface area contributed by atoms with Gasteiger partial charge in [-0.2, -0.15) is 0 Å². The number of hydrogen-bond donors (Lipinski definition) is 0. The monoisotopic (exact) mass is 499 g/mol. The summed E-state index contributed by atoms with van der Waals surface area (Å²) in [7, 11) is 1.69. The highest BCUT2D eigenvalue weighted by molar-refractivity contribution is 5.82. The Morgan fingerprint density at radius 1 is 0.811 bits per heavy atom. The van der Waals surface area contributed by atoms with Crippen LogP contribution in [0.2, 0.25) is 0 Å². The van der Waals surface area contributed by atoms with E-state index in [1.54, 1.807) is 7.11 Å². The van der Waals surface area contributed by atoms with Gasteiger partial charge in [0.2, 0.25) is 0 Å². The Morgan fingerprint density at radius 3 is 2.08 bits per heavy atom. The summed E-state index contributed by atoms with van der Waals surface area (Å²) in [6.45, 7) is 7.61. The van der Waals surface area contributed by atoms with E-state index >= 15 is 0 Å². The van der Waals surface area contributed by atoms with Crippen LogP contribution in [-0.2, 0) is 11.2 Å². The molecule has 0 spiro atoms. The highest BCUT2D eigenvalue weighted by Gasteiger charge is 2.13. The maximum atomic E-state index is 11.4. The quantitative estimate of drug-likeness (QED) is 0.234. The molecule has 0 amide bonds. The molecule has 0 N–H and O–H groups in total. The molecule has 1 heterocycles. The molecule has 194 valence electrons. The first-order valence-electron chi connectivity index (χ1n) is 13.1. The molecule has 0 aromatic heterocycles. The Kier molecular flexibility index (Phi) is 9.39. The average molecular weight is 500 g/mol. The number of nitrogens with zero attached hydrogens (tertiary/aromatic N) is 1. The molecular weight excluding hydrogens is 462 g/mol. The molecule has 0 bridgehead atoms. The molecule has 37 heavy (non-hydrogen) atoms. The van der Waals surface area contributed by atoms with E-state index < -0.39 is 0 Å². The normalized spacial score (nSPS) is 14.6. The molecule has 3 aromatic rings. The standard InChI is InChI=1S/C32H37NO4/c1-24(22-26-8-7-9-31(23-26)35-3)32(28-12-16-30(17-13-28)37-25(2)34)27-10-14-29(15-11-27)36-21-20-33-18-5-4-6-19-33/h7-17,23H,4-6,18-22H2,1-3H3/b32-24-. The van der Waals surface area contributed by atoms with Crippen LogP contribution in [0.5, 0.6) is 17.2 Å². The van der Waals surface area contributed by atoms with Crippen LogP contribution in [0.1, 0.15) is 49.8 Å². The van der Waals surface area contributed by atoms with Gasteiger partial charge in [-0.3, -0.25) is 9.69 Å². The number of hydrogen-bond acceptors (Lipinski definition) is 5. The lowest BCUT2D eigenvalue weighted by Gasteiger charge is -2.26. The fraction of sp³-hybridized carbons (Fsp3) is 0.344. The average Bonchev–Trinajstić information content (AvgIpc) is 2.91. The van der Waals surface area contributed by atoms with E-state index in [0.717, 1.165) is 41.2 Å². The van der Waals surface area contributed by atoms with Crippen LogP contribution in [0.3, 0.4) is 0 Å². The van der Waals surface area contributed by atoms with Gasteiger partial charge in [-0.15, -0.1) is 0 Å². The number of likely N-dealkylation sites (tertiary alicyclic amines) is 1. The number of esters is 1. The van der Waals surface area contributed by atoms with Gasteiger partial charge >= 0.3 is 5.97 Å². The lowest BCUT2D eigenvalue weighted by atomic mass is 9.90. The third-order valence-electron chi connectivity index (χ3n) is 6.70. The fourth-order valence-corrected chi connectivity index (χ4v) is 4.89. The highest BCUT2D eigenvalue weighted by atomic mass is 16.5. The SMILES string of the molecule is COc1cccc(C/C(C)=C(/c2ccc(OCCN3CCCCC3)cc2)c2ccc(OC(C)=O)cc2)c1. The van der Waals surface area contributed by atoms with Crippen molar-refractivity contribution in [2.24, 2.45) is 0 Å². The minimum atomic E-state index is -0.325. The second-order valence-corrected chi connectivity index (χ2v) is 9.58. The predicted molar refractivity (Wildman–Crippen MR) is 148 cm³/mol. The van der Waals surface area contributed by atoms with Gasteiger partial charge in [0.15, 0.2) is 0 Å². The number of ether oxygens (including phenoxy) is 3. The fourth-order valence-electron chi connectivity index (χ4n) is 4.89. The molecule has 0 unspecified atom stereocenters. The molecule has 5 heteroatoms. The van der Waals surface area contributed by atoms with Gasteiger partial charge in [-0.1, -0.05) is 48.4 Å². The topological polar surface area (TPSA) is 48.0 Å². The molecule has 0 aliphatic carbocycles. The van der Waals surface area contributed by atoms with Crippen molar-refractivity contribution >= 4 is 11.5 Å². The molecule has 0 saturated carbocycles. The molecule has 0 atom stereocenters. The van der Waals surface area contributed by atoms with Crippen molar-refractivity contribution in [1.82, 2.24) is 4.90 Å². The molecule has 1 saturated heterocycles. The van der Waals surface area contributed by atoms with Gasteiger partial charge in [-0.25, -0.2) is 0 Å². The van der Waals surface area contributed by atoms with Crippen LogP contribution in [0.25, 0.3) is 5.57 Å². The predicted octanol–water partition coefficient (Wildman–Crippen LogP) is 6.55. The Hall–Kier alpha value is -3.57. The first kappa shape index (κ1) is 26.5. The second-order valence-electron chi connectivity index (χ2n) is 9.58. The van der Waals surface area contributed by atoms with Crippen molar-refractivity contribution in [3.05, 3.63) is 95.1 Å². The first-order chi connectivity index (χ1) is 18.0. The number of carbonyl (C=O) groups is 1. The third-order valence-corrected chi connectivity index (χ3v) is 6.70. The van der Waals surface area contributed by atoms with Gasteiger partial charge in [0.1, 0.15) is 23.9 Å². The van der Waals surface area contributed by atoms with E-state index in [0.29, 0.717) is 12.4 Å². The van der Waals surface area contributed by atoms with Crippen molar-refractivity contribution in [2.75, 3.05) is 33.4 Å². The summed E-state index contributed by atoms with van der Waals surface area (Å²) in [5.74, 6) is 1.95. The van der Waals surface area contributed by atoms with E-state index in [9.17, 15) is 4.79 Å². The summed E-state index contributed by atoms with van der Waals surface area (Å²) >= 11 is 0. The third kappa shape index (κ3) is 7.70. The summed E-state index contributed by atoms with van der Waals surface area (Å²) in [5, 5.41) is 0. The number of rotatable bonds is 10. The number of carbonyl (C=O) groups excluding carboxylic acids is 1. The maximum Gasteiger partial charge on any atom is 0.308 e. The van der Waals surface area contributed by atoms with E-state index in [1.165, 1.54) is 50.4 Å². The molecule has 1 fully saturated rings. The zero-order valence-electron chi connectivity index (χ0n) is 22.2. The van der Waals surface area contributed by atoms with Crippen molar-refractivity contribution in [3.8, 4) is 17.2 Å². The van der Waals surface area contributed by atoms with Gasteiger partial charge < -0.3 is 14.2 Å². The second kappa shape index (κ2) is 13.1. The van der Waals surface area contributed by atoms with Crippen molar-refractivity contribution in [2.45, 2.75) is 39.5 Å². The van der Waals surface area contributed by atoms with Crippen LogP contribution in [0.15, 0.2) is 78.4 Å². The lowest BCUT2D eigenvalue weighted by Crippen LogP contribution is -2.33. The number of allylic oxidation sites excluding steroid dienone is 1. The van der Waals surface area contributed by atoms with E-state index in [1.807, 2.05) is 36.4 Å². The Morgan fingerprint density at radius 2 is 1.46 bits per heavy atom. The largest absolute Gasteiger partial charge is 0.497 e. The highest BCUT2D eigenvalue weighted by Crippen LogP contribution is 2.31. The van der Waals surface area contributed by atoms with Gasteiger partial charge in [-0.05, 0) is 97.9 Å². The molecule has 3 aromatic carbocycles. The zero-order chi connectivity index (χ0) is 26.0. The number of benzene rings is 3. The Balaban J connectivity index is 1.56. The molecular formula is C32H37NO4. The number of methoxy groups -OCH3 is 1. The summed E-state index contributed by atoms with van der Waals surface area (Å²) in [6.07, 6.45) is 4.71. The van der Waals surface area contributed by atoms with Gasteiger partial charge in [0, 0.05) is 13.5 Å². The summed E-state index contributed by atoms with van der Waals surface area (Å²) in [6, 6.07) is 24.2. The van der Waals surface area contributed by atoms with E-state index in [2.05, 4.69) is 48.2 Å². The van der Waals surface area contributed by atoms with Gasteiger partial charge in [0.25, 0.3) is 0 Å². The molecule has 0 radical (unpaired) electrons. The van der Waals surface area contributed by atoms with Crippen LogP contribution < -0.4 is 14.2 Å². The number of piperidine rings is 1. The minimum Gasteiger partial charge on any atom is -0.497 e. The van der Waals surface area contributed by atoms with E-state index in [-0.39, 0.29) is 5.97 Å². The summed E-state index contributed by atoms with van der Waals surface area (Å²) < 4.78 is 16.7. The van der Waals surface area contributed by atoms with Crippen LogP contribution in [0.4, 0.5) is 0 Å². The molecule has 4 rings (SSSR count). The molecule has 5 nitrogen and oxygen atoms in total. The molecule has 1 aliphatic rings. The van der Waals surface area contributed by atoms with Crippen molar-refractivity contribution < 1.29 is 19.0 Å². The van der Waals surface area contributed by atoms with Crippen molar-refractivity contribution in [1.29, 1.82) is 0 Å². The Bertz CT molecular complexity index is 1190. The first-order valence-corrected chi connectivity index (χ1v) is 13.1. The van der Waals surface area contributed by atoms with Crippen LogP contribution in [-0.4, -0.2) is 44.2 Å². The minimum absolute atomic E-state index is 0.325. The van der Waals surface area contributed by atoms with Gasteiger partial charge in [0.05, 0.1) is 7.11 Å². The van der Waals surface area contributed by atoms with E-state index in [4.69, 9.17) is 14.2 Å². The lowest BCUT2D eigenvalue weighted by molar-refractivity contribution is -0.131.